The minimum absolute atomic E-state index is 0. The quantitative estimate of drug-likeness (QED) is 0.724. The summed E-state index contributed by atoms with van der Waals surface area (Å²) in [6, 6.07) is 7.45. The maximum atomic E-state index is 12.1. The molecule has 1 aromatic carbocycles. The van der Waals surface area contributed by atoms with Crippen molar-refractivity contribution in [3.05, 3.63) is 29.8 Å². The Balaban J connectivity index is 0.00000200. The SMILES string of the molecule is CNCCCNC(=O)c1ccccc1OCC1CC1.Cl. The van der Waals surface area contributed by atoms with E-state index >= 15 is 0 Å². The van der Waals surface area contributed by atoms with Gasteiger partial charge in [-0.25, -0.2) is 0 Å². The first-order valence-electron chi connectivity index (χ1n) is 6.96. The zero-order valence-electron chi connectivity index (χ0n) is 11.9. The molecule has 20 heavy (non-hydrogen) atoms. The van der Waals surface area contributed by atoms with Crippen LogP contribution in [0, 0.1) is 5.92 Å². The maximum Gasteiger partial charge on any atom is 0.255 e. The number of amides is 1. The molecular formula is C15H23ClN2O2. The third-order valence-electron chi connectivity index (χ3n) is 3.19. The Morgan fingerprint density at radius 1 is 1.30 bits per heavy atom. The number of hydrogen-bond acceptors (Lipinski definition) is 3. The summed E-state index contributed by atoms with van der Waals surface area (Å²) in [6.07, 6.45) is 3.42. The lowest BCUT2D eigenvalue weighted by molar-refractivity contribution is 0.0949. The molecule has 0 saturated heterocycles. The van der Waals surface area contributed by atoms with Crippen molar-refractivity contribution in [1.29, 1.82) is 0 Å². The first-order valence-corrected chi connectivity index (χ1v) is 6.96. The van der Waals surface area contributed by atoms with E-state index in [-0.39, 0.29) is 18.3 Å². The van der Waals surface area contributed by atoms with Gasteiger partial charge in [-0.2, -0.15) is 0 Å². The van der Waals surface area contributed by atoms with Gasteiger partial charge in [-0.05, 0) is 50.9 Å². The molecule has 1 saturated carbocycles. The van der Waals surface area contributed by atoms with Crippen molar-refractivity contribution < 1.29 is 9.53 Å². The van der Waals surface area contributed by atoms with E-state index in [0.717, 1.165) is 19.6 Å². The van der Waals surface area contributed by atoms with E-state index in [0.29, 0.717) is 23.8 Å². The van der Waals surface area contributed by atoms with Crippen molar-refractivity contribution in [1.82, 2.24) is 10.6 Å². The predicted octanol–water partition coefficient (Wildman–Crippen LogP) is 2.24. The minimum Gasteiger partial charge on any atom is -0.492 e. The van der Waals surface area contributed by atoms with E-state index in [1.807, 2.05) is 31.3 Å². The molecular weight excluding hydrogens is 276 g/mol. The van der Waals surface area contributed by atoms with Gasteiger partial charge < -0.3 is 15.4 Å². The summed E-state index contributed by atoms with van der Waals surface area (Å²) in [5.74, 6) is 1.33. The van der Waals surface area contributed by atoms with Crippen LogP contribution in [0.25, 0.3) is 0 Å². The Labute approximate surface area is 126 Å². The number of hydrogen-bond donors (Lipinski definition) is 2. The number of carbonyl (C=O) groups is 1. The molecule has 1 aromatic rings. The van der Waals surface area contributed by atoms with Crippen LogP contribution < -0.4 is 15.4 Å². The van der Waals surface area contributed by atoms with E-state index in [2.05, 4.69) is 10.6 Å². The van der Waals surface area contributed by atoms with Crippen LogP contribution in [0.1, 0.15) is 29.6 Å². The Morgan fingerprint density at radius 2 is 2.05 bits per heavy atom. The number of rotatable bonds is 8. The van der Waals surface area contributed by atoms with Crippen LogP contribution in [0.5, 0.6) is 5.75 Å². The van der Waals surface area contributed by atoms with Crippen LogP contribution in [-0.2, 0) is 0 Å². The van der Waals surface area contributed by atoms with Crippen molar-refractivity contribution in [3.8, 4) is 5.75 Å². The lowest BCUT2D eigenvalue weighted by Gasteiger charge is -2.11. The third-order valence-corrected chi connectivity index (χ3v) is 3.19. The molecule has 112 valence electrons. The molecule has 4 nitrogen and oxygen atoms in total. The highest BCUT2D eigenvalue weighted by molar-refractivity contribution is 5.96. The third kappa shape index (κ3) is 5.39. The smallest absolute Gasteiger partial charge is 0.255 e. The highest BCUT2D eigenvalue weighted by Crippen LogP contribution is 2.30. The molecule has 0 atom stereocenters. The molecule has 1 fully saturated rings. The van der Waals surface area contributed by atoms with Crippen molar-refractivity contribution in [3.63, 3.8) is 0 Å². The van der Waals surface area contributed by atoms with Crippen molar-refractivity contribution >= 4 is 18.3 Å². The van der Waals surface area contributed by atoms with Crippen LogP contribution in [0.15, 0.2) is 24.3 Å². The fourth-order valence-corrected chi connectivity index (χ4v) is 1.83. The number of nitrogens with one attached hydrogen (secondary N) is 2. The molecule has 0 unspecified atom stereocenters. The molecule has 0 aromatic heterocycles. The number of ether oxygens (including phenoxy) is 1. The number of benzene rings is 1. The average molecular weight is 299 g/mol. The summed E-state index contributed by atoms with van der Waals surface area (Å²) < 4.78 is 5.74. The van der Waals surface area contributed by atoms with Gasteiger partial charge >= 0.3 is 0 Å². The van der Waals surface area contributed by atoms with Crippen LogP contribution in [-0.4, -0.2) is 32.7 Å². The Kier molecular flexibility index (Phi) is 7.41. The van der Waals surface area contributed by atoms with Gasteiger partial charge in [0.25, 0.3) is 5.91 Å². The van der Waals surface area contributed by atoms with Crippen LogP contribution in [0.4, 0.5) is 0 Å². The summed E-state index contributed by atoms with van der Waals surface area (Å²) in [5.41, 5.74) is 0.632. The van der Waals surface area contributed by atoms with Gasteiger partial charge in [0.05, 0.1) is 12.2 Å². The van der Waals surface area contributed by atoms with Crippen LogP contribution in [0.2, 0.25) is 0 Å². The summed E-state index contributed by atoms with van der Waals surface area (Å²) in [5, 5.41) is 5.97. The van der Waals surface area contributed by atoms with E-state index in [4.69, 9.17) is 4.74 Å². The van der Waals surface area contributed by atoms with E-state index in [1.54, 1.807) is 0 Å². The molecule has 0 spiro atoms. The number of para-hydroxylation sites is 1. The Hall–Kier alpha value is -1.26. The summed E-state index contributed by atoms with van der Waals surface area (Å²) in [7, 11) is 1.91. The van der Waals surface area contributed by atoms with Gasteiger partial charge in [0.15, 0.2) is 0 Å². The molecule has 0 radical (unpaired) electrons. The predicted molar refractivity (Wildman–Crippen MR) is 82.8 cm³/mol. The second-order valence-corrected chi connectivity index (χ2v) is 4.96. The Bertz CT molecular complexity index is 422. The first kappa shape index (κ1) is 16.8. The highest BCUT2D eigenvalue weighted by atomic mass is 35.5. The summed E-state index contributed by atoms with van der Waals surface area (Å²) in [6.45, 7) is 2.31. The topological polar surface area (TPSA) is 50.4 Å². The van der Waals surface area contributed by atoms with Gasteiger partial charge in [0.1, 0.15) is 5.75 Å². The standard InChI is InChI=1S/C15H22N2O2.ClH/c1-16-9-4-10-17-15(18)13-5-2-3-6-14(13)19-11-12-7-8-12;/h2-3,5-6,12,16H,4,7-11H2,1H3,(H,17,18);1H. The van der Waals surface area contributed by atoms with Crippen molar-refractivity contribution in [2.45, 2.75) is 19.3 Å². The van der Waals surface area contributed by atoms with Crippen molar-refractivity contribution in [2.75, 3.05) is 26.7 Å². The Morgan fingerprint density at radius 3 is 2.75 bits per heavy atom. The zero-order valence-corrected chi connectivity index (χ0v) is 12.7. The second kappa shape index (κ2) is 8.82. The first-order chi connectivity index (χ1) is 9.31. The zero-order chi connectivity index (χ0) is 13.5. The molecule has 0 heterocycles. The van der Waals surface area contributed by atoms with Gasteiger partial charge in [0.2, 0.25) is 0 Å². The maximum absolute atomic E-state index is 12.1. The summed E-state index contributed by atoms with van der Waals surface area (Å²) in [4.78, 5) is 12.1. The molecule has 0 aliphatic heterocycles. The normalized spacial score (nSPS) is 13.4. The van der Waals surface area contributed by atoms with E-state index in [9.17, 15) is 4.79 Å². The lowest BCUT2D eigenvalue weighted by atomic mass is 10.2. The van der Waals surface area contributed by atoms with Crippen LogP contribution in [0.3, 0.4) is 0 Å². The van der Waals surface area contributed by atoms with E-state index < -0.39 is 0 Å². The summed E-state index contributed by atoms with van der Waals surface area (Å²) >= 11 is 0. The highest BCUT2D eigenvalue weighted by Gasteiger charge is 2.22. The van der Waals surface area contributed by atoms with Gasteiger partial charge in [-0.1, -0.05) is 12.1 Å². The molecule has 1 aliphatic carbocycles. The van der Waals surface area contributed by atoms with Gasteiger partial charge in [-0.15, -0.1) is 12.4 Å². The molecule has 1 aliphatic rings. The van der Waals surface area contributed by atoms with Gasteiger partial charge in [0, 0.05) is 6.54 Å². The minimum atomic E-state index is -0.0532. The monoisotopic (exact) mass is 298 g/mol. The fraction of sp³-hybridized carbons (Fsp3) is 0.533. The molecule has 1 amide bonds. The second-order valence-electron chi connectivity index (χ2n) is 4.96. The van der Waals surface area contributed by atoms with Gasteiger partial charge in [-0.3, -0.25) is 4.79 Å². The van der Waals surface area contributed by atoms with Crippen molar-refractivity contribution in [2.24, 2.45) is 5.92 Å². The molecule has 2 rings (SSSR count). The largest absolute Gasteiger partial charge is 0.492 e. The van der Waals surface area contributed by atoms with E-state index in [1.165, 1.54) is 12.8 Å². The number of halogens is 1. The number of carbonyl (C=O) groups excluding carboxylic acids is 1. The molecule has 0 bridgehead atoms. The van der Waals surface area contributed by atoms with Crippen LogP contribution >= 0.6 is 12.4 Å². The molecule has 2 N–H and O–H groups in total. The molecule has 5 heteroatoms. The fourth-order valence-electron chi connectivity index (χ4n) is 1.83. The lowest BCUT2D eigenvalue weighted by Crippen LogP contribution is -2.27. The average Bonchev–Trinajstić information content (AvgIpc) is 3.25.